The summed E-state index contributed by atoms with van der Waals surface area (Å²) in [5.41, 5.74) is 6.79. The van der Waals surface area contributed by atoms with Crippen LogP contribution in [0.2, 0.25) is 0 Å². The molecular formula is C13H14N4O2S. The van der Waals surface area contributed by atoms with E-state index >= 15 is 0 Å². The monoisotopic (exact) mass is 290 g/mol. The third kappa shape index (κ3) is 3.61. The molecule has 2 rings (SSSR count). The number of urea groups is 1. The SMILES string of the molecule is CC(Sc1ncc(-c2ccccc2)[nH]1)C(=O)NC(N)=O. The summed E-state index contributed by atoms with van der Waals surface area (Å²) in [4.78, 5) is 29.5. The minimum atomic E-state index is -0.855. The van der Waals surface area contributed by atoms with Crippen molar-refractivity contribution in [3.8, 4) is 11.3 Å². The molecule has 0 aliphatic carbocycles. The third-order valence-corrected chi connectivity index (χ3v) is 3.54. The zero-order chi connectivity index (χ0) is 14.5. The molecule has 1 unspecified atom stereocenters. The lowest BCUT2D eigenvalue weighted by atomic mass is 10.2. The molecule has 7 heteroatoms. The van der Waals surface area contributed by atoms with Crippen LogP contribution in [-0.4, -0.2) is 27.2 Å². The molecule has 0 saturated heterocycles. The molecule has 0 saturated carbocycles. The van der Waals surface area contributed by atoms with Gasteiger partial charge in [0.2, 0.25) is 5.91 Å². The van der Waals surface area contributed by atoms with Gasteiger partial charge in [-0.05, 0) is 12.5 Å². The van der Waals surface area contributed by atoms with Gasteiger partial charge in [0.25, 0.3) is 0 Å². The predicted molar refractivity (Wildman–Crippen MR) is 77.1 cm³/mol. The van der Waals surface area contributed by atoms with Crippen LogP contribution in [0.15, 0.2) is 41.7 Å². The van der Waals surface area contributed by atoms with E-state index in [2.05, 4.69) is 9.97 Å². The lowest BCUT2D eigenvalue weighted by Crippen LogP contribution is -2.39. The lowest BCUT2D eigenvalue weighted by Gasteiger charge is -2.07. The molecule has 3 amide bonds. The number of nitrogens with one attached hydrogen (secondary N) is 2. The van der Waals surface area contributed by atoms with Crippen molar-refractivity contribution in [3.63, 3.8) is 0 Å². The molecule has 0 aliphatic rings. The molecule has 20 heavy (non-hydrogen) atoms. The van der Waals surface area contributed by atoms with Crippen LogP contribution in [0.1, 0.15) is 6.92 Å². The maximum atomic E-state index is 11.6. The van der Waals surface area contributed by atoms with E-state index in [1.54, 1.807) is 13.1 Å². The summed E-state index contributed by atoms with van der Waals surface area (Å²) in [5.74, 6) is -0.444. The van der Waals surface area contributed by atoms with Crippen molar-refractivity contribution < 1.29 is 9.59 Å². The maximum Gasteiger partial charge on any atom is 0.318 e. The highest BCUT2D eigenvalue weighted by Gasteiger charge is 2.17. The van der Waals surface area contributed by atoms with Gasteiger partial charge in [-0.25, -0.2) is 9.78 Å². The number of primary amides is 1. The van der Waals surface area contributed by atoms with Crippen LogP contribution in [0.5, 0.6) is 0 Å². The van der Waals surface area contributed by atoms with Crippen LogP contribution in [0.4, 0.5) is 4.79 Å². The Hall–Kier alpha value is -2.28. The van der Waals surface area contributed by atoms with E-state index < -0.39 is 17.2 Å². The number of imidazole rings is 1. The van der Waals surface area contributed by atoms with Gasteiger partial charge in [0.15, 0.2) is 5.16 Å². The second-order valence-electron chi connectivity index (χ2n) is 4.08. The van der Waals surface area contributed by atoms with E-state index in [9.17, 15) is 9.59 Å². The largest absolute Gasteiger partial charge is 0.351 e. The maximum absolute atomic E-state index is 11.6. The molecule has 1 atom stereocenters. The van der Waals surface area contributed by atoms with E-state index in [1.165, 1.54) is 11.8 Å². The first kappa shape index (κ1) is 14.1. The fourth-order valence-corrected chi connectivity index (χ4v) is 2.35. The highest BCUT2D eigenvalue weighted by Crippen LogP contribution is 2.24. The predicted octanol–water partition coefficient (Wildman–Crippen LogP) is 1.75. The van der Waals surface area contributed by atoms with Crippen LogP contribution in [-0.2, 0) is 4.79 Å². The van der Waals surface area contributed by atoms with E-state index in [4.69, 9.17) is 5.73 Å². The number of benzene rings is 1. The van der Waals surface area contributed by atoms with Crippen LogP contribution in [0, 0.1) is 0 Å². The number of nitrogens with zero attached hydrogens (tertiary/aromatic N) is 1. The lowest BCUT2D eigenvalue weighted by molar-refractivity contribution is -0.119. The molecule has 1 aromatic heterocycles. The Labute approximate surface area is 120 Å². The van der Waals surface area contributed by atoms with Gasteiger partial charge in [0.05, 0.1) is 17.1 Å². The summed E-state index contributed by atoms with van der Waals surface area (Å²) in [6.07, 6.45) is 1.70. The van der Waals surface area contributed by atoms with Crippen molar-refractivity contribution in [2.75, 3.05) is 0 Å². The summed E-state index contributed by atoms with van der Waals surface area (Å²) in [6, 6.07) is 8.88. The smallest absolute Gasteiger partial charge is 0.318 e. The fourth-order valence-electron chi connectivity index (χ4n) is 1.57. The molecule has 2 aromatic rings. The molecule has 4 N–H and O–H groups in total. The number of imide groups is 1. The molecule has 1 heterocycles. The first-order chi connectivity index (χ1) is 9.56. The summed E-state index contributed by atoms with van der Waals surface area (Å²) in [7, 11) is 0. The number of thioether (sulfide) groups is 1. The Morgan fingerprint density at radius 1 is 1.35 bits per heavy atom. The summed E-state index contributed by atoms with van der Waals surface area (Å²) >= 11 is 1.22. The Morgan fingerprint density at radius 2 is 2.05 bits per heavy atom. The van der Waals surface area contributed by atoms with Gasteiger partial charge in [-0.1, -0.05) is 42.1 Å². The fraction of sp³-hybridized carbons (Fsp3) is 0.154. The summed E-state index contributed by atoms with van der Waals surface area (Å²) < 4.78 is 0. The number of nitrogens with two attached hydrogens (primary N) is 1. The Morgan fingerprint density at radius 3 is 2.70 bits per heavy atom. The van der Waals surface area contributed by atoms with E-state index in [1.807, 2.05) is 35.6 Å². The molecule has 104 valence electrons. The van der Waals surface area contributed by atoms with Crippen molar-refractivity contribution in [2.45, 2.75) is 17.3 Å². The van der Waals surface area contributed by atoms with Crippen molar-refractivity contribution in [1.29, 1.82) is 0 Å². The minimum absolute atomic E-state index is 0.444. The topological polar surface area (TPSA) is 101 Å². The number of carbonyl (C=O) groups is 2. The number of H-pyrrole nitrogens is 1. The number of carbonyl (C=O) groups excluding carboxylic acids is 2. The first-order valence-electron chi connectivity index (χ1n) is 5.93. The van der Waals surface area contributed by atoms with Gasteiger partial charge in [0, 0.05) is 0 Å². The zero-order valence-corrected chi connectivity index (χ0v) is 11.6. The second-order valence-corrected chi connectivity index (χ2v) is 5.41. The van der Waals surface area contributed by atoms with Crippen molar-refractivity contribution >= 4 is 23.7 Å². The molecule has 0 bridgehead atoms. The van der Waals surface area contributed by atoms with Gasteiger partial charge in [-0.2, -0.15) is 0 Å². The molecule has 6 nitrogen and oxygen atoms in total. The standard InChI is InChI=1S/C13H14N4O2S/c1-8(11(18)17-12(14)19)20-13-15-7-10(16-13)9-5-3-2-4-6-9/h2-8H,1H3,(H,15,16)(H3,14,17,18,19). The third-order valence-electron chi connectivity index (χ3n) is 2.54. The average Bonchev–Trinajstić information content (AvgIpc) is 2.87. The number of hydrogen-bond acceptors (Lipinski definition) is 4. The number of aromatic amines is 1. The van der Waals surface area contributed by atoms with E-state index in [0.717, 1.165) is 11.3 Å². The first-order valence-corrected chi connectivity index (χ1v) is 6.81. The summed E-state index contributed by atoms with van der Waals surface area (Å²) in [6.45, 7) is 1.67. The molecule has 0 aliphatic heterocycles. The molecule has 0 radical (unpaired) electrons. The quantitative estimate of drug-likeness (QED) is 0.747. The minimum Gasteiger partial charge on any atom is -0.351 e. The normalized spacial score (nSPS) is 11.8. The number of aromatic nitrogens is 2. The number of rotatable bonds is 4. The van der Waals surface area contributed by atoms with Gasteiger partial charge in [0.1, 0.15) is 0 Å². The van der Waals surface area contributed by atoms with Gasteiger partial charge in [-0.15, -0.1) is 0 Å². The Balaban J connectivity index is 2.03. The molecule has 0 spiro atoms. The number of amides is 3. The van der Waals surface area contributed by atoms with Crippen molar-refractivity contribution in [3.05, 3.63) is 36.5 Å². The molecular weight excluding hydrogens is 276 g/mol. The van der Waals surface area contributed by atoms with Crippen LogP contribution >= 0.6 is 11.8 Å². The molecule has 1 aromatic carbocycles. The van der Waals surface area contributed by atoms with Gasteiger partial charge >= 0.3 is 6.03 Å². The highest BCUT2D eigenvalue weighted by atomic mass is 32.2. The van der Waals surface area contributed by atoms with Crippen molar-refractivity contribution in [1.82, 2.24) is 15.3 Å². The Kier molecular flexibility index (Phi) is 4.41. The number of hydrogen-bond donors (Lipinski definition) is 3. The Bertz CT molecular complexity index is 612. The summed E-state index contributed by atoms with van der Waals surface area (Å²) in [5, 5.41) is 2.17. The zero-order valence-electron chi connectivity index (χ0n) is 10.8. The van der Waals surface area contributed by atoms with Crippen molar-refractivity contribution in [2.24, 2.45) is 5.73 Å². The van der Waals surface area contributed by atoms with Gasteiger partial charge < -0.3 is 10.7 Å². The second kappa shape index (κ2) is 6.25. The average molecular weight is 290 g/mol. The van der Waals surface area contributed by atoms with Crippen LogP contribution in [0.25, 0.3) is 11.3 Å². The highest BCUT2D eigenvalue weighted by molar-refractivity contribution is 8.00. The van der Waals surface area contributed by atoms with E-state index in [0.29, 0.717) is 5.16 Å². The van der Waals surface area contributed by atoms with Crippen LogP contribution < -0.4 is 11.1 Å². The van der Waals surface area contributed by atoms with Crippen LogP contribution in [0.3, 0.4) is 0 Å². The molecule has 0 fully saturated rings. The van der Waals surface area contributed by atoms with Gasteiger partial charge in [-0.3, -0.25) is 10.1 Å². The van der Waals surface area contributed by atoms with E-state index in [-0.39, 0.29) is 0 Å².